The van der Waals surface area contributed by atoms with Crippen molar-refractivity contribution in [1.29, 1.82) is 0 Å². The van der Waals surface area contributed by atoms with Gasteiger partial charge in [0, 0.05) is 16.6 Å². The summed E-state index contributed by atoms with van der Waals surface area (Å²) < 4.78 is 53.3. The Morgan fingerprint density at radius 2 is 2.04 bits per heavy atom. The summed E-state index contributed by atoms with van der Waals surface area (Å²) in [6, 6.07) is 4.40. The zero-order valence-electron chi connectivity index (χ0n) is 13.2. The van der Waals surface area contributed by atoms with Gasteiger partial charge in [0.1, 0.15) is 11.5 Å². The van der Waals surface area contributed by atoms with Gasteiger partial charge in [0.15, 0.2) is 9.84 Å². The van der Waals surface area contributed by atoms with Gasteiger partial charge in [-0.25, -0.2) is 8.42 Å². The molecule has 0 heterocycles. The van der Waals surface area contributed by atoms with Crippen LogP contribution in [0.2, 0.25) is 0 Å². The van der Waals surface area contributed by atoms with E-state index in [0.717, 1.165) is 12.8 Å². The van der Waals surface area contributed by atoms with Crippen molar-refractivity contribution < 1.29 is 26.7 Å². The highest BCUT2D eigenvalue weighted by Gasteiger charge is 2.17. The van der Waals surface area contributed by atoms with E-state index in [1.807, 2.05) is 6.92 Å². The fourth-order valence-corrected chi connectivity index (χ4v) is 3.68. The monoisotopic (exact) mass is 427 g/mol. The van der Waals surface area contributed by atoms with Crippen LogP contribution in [-0.4, -0.2) is 32.4 Å². The predicted molar refractivity (Wildman–Crippen MR) is 90.8 cm³/mol. The van der Waals surface area contributed by atoms with E-state index in [-0.39, 0.29) is 18.0 Å². The molecule has 1 aromatic carbocycles. The number of rotatable bonds is 10. The van der Waals surface area contributed by atoms with Gasteiger partial charge in [0.2, 0.25) is 5.91 Å². The summed E-state index contributed by atoms with van der Waals surface area (Å²) in [5.74, 6) is -1.39. The second kappa shape index (κ2) is 9.93. The minimum absolute atomic E-state index is 0.0368. The van der Waals surface area contributed by atoms with Crippen LogP contribution >= 0.6 is 15.9 Å². The number of ether oxygens (including phenoxy) is 1. The molecule has 0 aliphatic heterocycles. The number of benzene rings is 1. The molecule has 5 nitrogen and oxygen atoms in total. The van der Waals surface area contributed by atoms with Gasteiger partial charge in [-0.15, -0.1) is 0 Å². The van der Waals surface area contributed by atoms with E-state index in [1.54, 1.807) is 0 Å². The molecule has 0 radical (unpaired) electrons. The number of carbonyl (C=O) groups is 1. The highest BCUT2D eigenvalue weighted by atomic mass is 79.9. The van der Waals surface area contributed by atoms with E-state index in [1.165, 1.54) is 18.2 Å². The summed E-state index contributed by atoms with van der Waals surface area (Å²) in [4.78, 5) is 11.8. The first kappa shape index (κ1) is 20.8. The second-order valence-electron chi connectivity index (χ2n) is 5.21. The molecule has 0 aliphatic carbocycles. The van der Waals surface area contributed by atoms with Crippen LogP contribution in [-0.2, 0) is 21.2 Å². The number of sulfone groups is 1. The summed E-state index contributed by atoms with van der Waals surface area (Å²) >= 11 is 3.20. The lowest BCUT2D eigenvalue weighted by atomic mass is 10.2. The van der Waals surface area contributed by atoms with E-state index in [4.69, 9.17) is 0 Å². The molecule has 0 saturated heterocycles. The van der Waals surface area contributed by atoms with Crippen molar-refractivity contribution in [1.82, 2.24) is 5.32 Å². The van der Waals surface area contributed by atoms with Crippen LogP contribution < -0.4 is 10.1 Å². The van der Waals surface area contributed by atoms with Gasteiger partial charge < -0.3 is 10.1 Å². The average molecular weight is 428 g/mol. The lowest BCUT2D eigenvalue weighted by Gasteiger charge is -2.12. The van der Waals surface area contributed by atoms with Crippen LogP contribution in [0.4, 0.5) is 8.78 Å². The molecule has 1 amide bonds. The molecule has 24 heavy (non-hydrogen) atoms. The maximum absolute atomic E-state index is 12.4. The Labute approximate surface area is 148 Å². The lowest BCUT2D eigenvalue weighted by Crippen LogP contribution is -2.31. The Kier molecular flexibility index (Phi) is 8.61. The third-order valence-electron chi connectivity index (χ3n) is 3.12. The number of halogens is 3. The number of carbonyl (C=O) groups excluding carboxylic acids is 1. The zero-order chi connectivity index (χ0) is 18.2. The number of amides is 1. The minimum atomic E-state index is -3.47. The van der Waals surface area contributed by atoms with Gasteiger partial charge in [-0.3, -0.25) is 4.79 Å². The zero-order valence-corrected chi connectivity index (χ0v) is 15.6. The van der Waals surface area contributed by atoms with Crippen molar-refractivity contribution in [2.24, 2.45) is 0 Å². The highest BCUT2D eigenvalue weighted by molar-refractivity contribution is 9.10. The molecule has 1 rings (SSSR count). The Balaban J connectivity index is 2.62. The Morgan fingerprint density at radius 3 is 2.67 bits per heavy atom. The molecule has 9 heteroatoms. The molecule has 1 N–H and O–H groups in total. The molecule has 136 valence electrons. The Hall–Kier alpha value is -1.22. The summed E-state index contributed by atoms with van der Waals surface area (Å²) in [5.41, 5.74) is 0.321. The van der Waals surface area contributed by atoms with Crippen molar-refractivity contribution >= 4 is 31.7 Å². The van der Waals surface area contributed by atoms with E-state index in [2.05, 4.69) is 26.0 Å². The average Bonchev–Trinajstić information content (AvgIpc) is 2.46. The molecule has 0 fully saturated rings. The molecule has 0 aromatic heterocycles. The van der Waals surface area contributed by atoms with E-state index in [9.17, 15) is 22.0 Å². The fraction of sp³-hybridized carbons (Fsp3) is 0.533. The van der Waals surface area contributed by atoms with Crippen LogP contribution in [0.15, 0.2) is 22.7 Å². The fourth-order valence-electron chi connectivity index (χ4n) is 1.99. The summed E-state index contributed by atoms with van der Waals surface area (Å²) in [6.45, 7) is -1.14. The van der Waals surface area contributed by atoms with E-state index in [0.29, 0.717) is 16.5 Å². The molecule has 0 atom stereocenters. The Morgan fingerprint density at radius 1 is 1.33 bits per heavy atom. The predicted octanol–water partition coefficient (Wildman–Crippen LogP) is 3.27. The first-order valence-electron chi connectivity index (χ1n) is 7.44. The van der Waals surface area contributed by atoms with Crippen LogP contribution in [0.3, 0.4) is 0 Å². The van der Waals surface area contributed by atoms with Gasteiger partial charge in [0.05, 0.1) is 5.75 Å². The highest BCUT2D eigenvalue weighted by Crippen LogP contribution is 2.24. The van der Waals surface area contributed by atoms with Gasteiger partial charge in [-0.05, 0) is 24.6 Å². The van der Waals surface area contributed by atoms with Crippen molar-refractivity contribution in [2.45, 2.75) is 39.3 Å². The number of hydrogen-bond donors (Lipinski definition) is 1. The topological polar surface area (TPSA) is 72.5 Å². The van der Waals surface area contributed by atoms with E-state index >= 15 is 0 Å². The maximum Gasteiger partial charge on any atom is 0.387 e. The molecule has 0 unspecified atom stereocenters. The minimum Gasteiger partial charge on any atom is -0.434 e. The van der Waals surface area contributed by atoms with Gasteiger partial charge in [-0.2, -0.15) is 8.78 Å². The molecular weight excluding hydrogens is 408 g/mol. The summed E-state index contributed by atoms with van der Waals surface area (Å²) in [7, 11) is -3.47. The first-order chi connectivity index (χ1) is 11.2. The molecule has 0 bridgehead atoms. The summed E-state index contributed by atoms with van der Waals surface area (Å²) in [6.07, 6.45) is 2.19. The smallest absolute Gasteiger partial charge is 0.387 e. The number of alkyl halides is 2. The normalized spacial score (nSPS) is 11.5. The first-order valence-corrected chi connectivity index (χ1v) is 10.1. The molecule has 0 saturated carbocycles. The standard InChI is InChI=1S/C15H20BrF2NO4S/c1-2-3-4-7-24(21,22)10-14(20)19-9-11-8-12(16)5-6-13(11)23-15(17)18/h5-6,8,15H,2-4,7,9-10H2,1H3,(H,19,20). The largest absolute Gasteiger partial charge is 0.434 e. The third kappa shape index (κ3) is 8.05. The maximum atomic E-state index is 12.4. The van der Waals surface area contributed by atoms with Crippen molar-refractivity contribution in [3.63, 3.8) is 0 Å². The molecular formula is C15H20BrF2NO4S. The quantitative estimate of drug-likeness (QED) is 0.581. The number of nitrogens with one attached hydrogen (secondary N) is 1. The van der Waals surface area contributed by atoms with Crippen LogP contribution in [0.5, 0.6) is 5.75 Å². The third-order valence-corrected chi connectivity index (χ3v) is 5.23. The van der Waals surface area contributed by atoms with E-state index < -0.39 is 28.1 Å². The van der Waals surface area contributed by atoms with Crippen LogP contribution in [0, 0.1) is 0 Å². The molecule has 1 aromatic rings. The molecule has 0 aliphatic rings. The van der Waals surface area contributed by atoms with Crippen LogP contribution in [0.25, 0.3) is 0 Å². The van der Waals surface area contributed by atoms with Crippen LogP contribution in [0.1, 0.15) is 31.7 Å². The SMILES string of the molecule is CCCCCS(=O)(=O)CC(=O)NCc1cc(Br)ccc1OC(F)F. The van der Waals surface area contributed by atoms with Gasteiger partial charge in [-0.1, -0.05) is 35.7 Å². The summed E-state index contributed by atoms with van der Waals surface area (Å²) in [5, 5.41) is 2.42. The Bertz CT molecular complexity index is 653. The lowest BCUT2D eigenvalue weighted by molar-refractivity contribution is -0.118. The van der Waals surface area contributed by atoms with Crippen molar-refractivity contribution in [3.05, 3.63) is 28.2 Å². The van der Waals surface area contributed by atoms with Crippen molar-refractivity contribution in [3.8, 4) is 5.75 Å². The number of hydrogen-bond acceptors (Lipinski definition) is 4. The second-order valence-corrected chi connectivity index (χ2v) is 8.31. The molecule has 0 spiro atoms. The van der Waals surface area contributed by atoms with Gasteiger partial charge in [0.25, 0.3) is 0 Å². The van der Waals surface area contributed by atoms with Gasteiger partial charge >= 0.3 is 6.61 Å². The van der Waals surface area contributed by atoms with Crippen molar-refractivity contribution in [2.75, 3.05) is 11.5 Å². The number of unbranched alkanes of at least 4 members (excludes halogenated alkanes) is 2.